The van der Waals surface area contributed by atoms with Crippen molar-refractivity contribution in [3.63, 3.8) is 0 Å². The standard InChI is InChI=1S/C15H23N3O2/c1-3-8-16-12-6-7-13(17-10-12)15(19)18-11(2)14-5-4-9-20-14/h6-7,10-11,14,16H,3-5,8-9H2,1-2H3,(H,18,19). The van der Waals surface area contributed by atoms with E-state index in [2.05, 4.69) is 22.5 Å². The van der Waals surface area contributed by atoms with Gasteiger partial charge in [0.1, 0.15) is 5.69 Å². The normalized spacial score (nSPS) is 19.6. The summed E-state index contributed by atoms with van der Waals surface area (Å²) in [5.74, 6) is -0.143. The number of hydrogen-bond donors (Lipinski definition) is 2. The summed E-state index contributed by atoms with van der Waals surface area (Å²) in [5.41, 5.74) is 1.38. The number of ether oxygens (including phenoxy) is 1. The maximum atomic E-state index is 12.1. The number of aromatic nitrogens is 1. The molecule has 1 aliphatic heterocycles. The first-order valence-corrected chi connectivity index (χ1v) is 7.33. The minimum Gasteiger partial charge on any atom is -0.384 e. The summed E-state index contributed by atoms with van der Waals surface area (Å²) in [4.78, 5) is 16.3. The van der Waals surface area contributed by atoms with Gasteiger partial charge in [-0.2, -0.15) is 0 Å². The minimum atomic E-state index is -0.143. The van der Waals surface area contributed by atoms with Crippen LogP contribution in [0, 0.1) is 0 Å². The van der Waals surface area contributed by atoms with Crippen LogP contribution in [-0.4, -0.2) is 36.2 Å². The van der Waals surface area contributed by atoms with E-state index < -0.39 is 0 Å². The second kappa shape index (κ2) is 7.24. The summed E-state index contributed by atoms with van der Waals surface area (Å²) in [6.45, 7) is 5.78. The lowest BCUT2D eigenvalue weighted by Gasteiger charge is -2.19. The summed E-state index contributed by atoms with van der Waals surface area (Å²) < 4.78 is 5.57. The third kappa shape index (κ3) is 3.93. The fourth-order valence-electron chi connectivity index (χ4n) is 2.27. The Morgan fingerprint density at radius 2 is 2.40 bits per heavy atom. The molecular weight excluding hydrogens is 254 g/mol. The van der Waals surface area contributed by atoms with Crippen molar-refractivity contribution >= 4 is 11.6 Å². The highest BCUT2D eigenvalue weighted by molar-refractivity contribution is 5.92. The number of rotatable bonds is 6. The lowest BCUT2D eigenvalue weighted by Crippen LogP contribution is -2.41. The highest BCUT2D eigenvalue weighted by atomic mass is 16.5. The number of nitrogens with zero attached hydrogens (tertiary/aromatic N) is 1. The molecule has 2 heterocycles. The minimum absolute atomic E-state index is 0.0182. The van der Waals surface area contributed by atoms with Crippen LogP contribution in [0.5, 0.6) is 0 Å². The Kier molecular flexibility index (Phi) is 5.35. The van der Waals surface area contributed by atoms with Gasteiger partial charge in [0, 0.05) is 13.2 Å². The Hall–Kier alpha value is -1.62. The first kappa shape index (κ1) is 14.8. The van der Waals surface area contributed by atoms with Crippen molar-refractivity contribution in [2.75, 3.05) is 18.5 Å². The SMILES string of the molecule is CCCNc1ccc(C(=O)NC(C)C2CCCO2)nc1. The molecule has 2 unspecified atom stereocenters. The molecule has 110 valence electrons. The topological polar surface area (TPSA) is 63.2 Å². The summed E-state index contributed by atoms with van der Waals surface area (Å²) >= 11 is 0. The van der Waals surface area contributed by atoms with Crippen LogP contribution >= 0.6 is 0 Å². The van der Waals surface area contributed by atoms with Crippen LogP contribution in [0.15, 0.2) is 18.3 Å². The van der Waals surface area contributed by atoms with E-state index in [9.17, 15) is 4.79 Å². The maximum absolute atomic E-state index is 12.1. The van der Waals surface area contributed by atoms with Crippen LogP contribution < -0.4 is 10.6 Å². The van der Waals surface area contributed by atoms with Crippen molar-refractivity contribution in [1.29, 1.82) is 0 Å². The van der Waals surface area contributed by atoms with Gasteiger partial charge in [0.2, 0.25) is 0 Å². The molecule has 5 heteroatoms. The van der Waals surface area contributed by atoms with Gasteiger partial charge in [-0.1, -0.05) is 6.92 Å². The average Bonchev–Trinajstić information content (AvgIpc) is 3.00. The van der Waals surface area contributed by atoms with Crippen LogP contribution in [0.1, 0.15) is 43.6 Å². The Bertz CT molecular complexity index is 427. The Balaban J connectivity index is 1.88. The highest BCUT2D eigenvalue weighted by Crippen LogP contribution is 2.15. The van der Waals surface area contributed by atoms with Crippen LogP contribution in [0.4, 0.5) is 5.69 Å². The number of carbonyl (C=O) groups is 1. The van der Waals surface area contributed by atoms with Gasteiger partial charge in [0.05, 0.1) is 24.0 Å². The molecule has 20 heavy (non-hydrogen) atoms. The van der Waals surface area contributed by atoms with Crippen molar-refractivity contribution in [2.45, 2.75) is 45.3 Å². The third-order valence-electron chi connectivity index (χ3n) is 3.46. The van der Waals surface area contributed by atoms with Crippen molar-refractivity contribution < 1.29 is 9.53 Å². The fourth-order valence-corrected chi connectivity index (χ4v) is 2.27. The zero-order valence-corrected chi connectivity index (χ0v) is 12.2. The monoisotopic (exact) mass is 277 g/mol. The van der Waals surface area contributed by atoms with E-state index in [4.69, 9.17) is 4.74 Å². The molecule has 2 rings (SSSR count). The quantitative estimate of drug-likeness (QED) is 0.836. The molecule has 0 radical (unpaired) electrons. The van der Waals surface area contributed by atoms with Crippen molar-refractivity contribution in [1.82, 2.24) is 10.3 Å². The number of anilines is 1. The molecule has 2 atom stereocenters. The van der Waals surface area contributed by atoms with Crippen LogP contribution in [-0.2, 0) is 4.74 Å². The Morgan fingerprint density at radius 1 is 1.55 bits per heavy atom. The first-order chi connectivity index (χ1) is 9.70. The van der Waals surface area contributed by atoms with Crippen LogP contribution in [0.2, 0.25) is 0 Å². The van der Waals surface area contributed by atoms with Crippen LogP contribution in [0.25, 0.3) is 0 Å². The predicted molar refractivity (Wildman–Crippen MR) is 78.9 cm³/mol. The molecular formula is C15H23N3O2. The molecule has 0 aromatic carbocycles. The number of pyridine rings is 1. The van der Waals surface area contributed by atoms with Gasteiger partial charge in [-0.05, 0) is 38.3 Å². The van der Waals surface area contributed by atoms with Crippen molar-refractivity contribution in [3.05, 3.63) is 24.0 Å². The van der Waals surface area contributed by atoms with E-state index in [-0.39, 0.29) is 18.1 Å². The molecule has 1 aromatic rings. The second-order valence-corrected chi connectivity index (χ2v) is 5.17. The predicted octanol–water partition coefficient (Wildman–Crippen LogP) is 2.20. The number of amides is 1. The van der Waals surface area contributed by atoms with Crippen LogP contribution in [0.3, 0.4) is 0 Å². The second-order valence-electron chi connectivity index (χ2n) is 5.17. The molecule has 2 N–H and O–H groups in total. The van der Waals surface area contributed by atoms with Gasteiger partial charge >= 0.3 is 0 Å². The summed E-state index contributed by atoms with van der Waals surface area (Å²) in [5, 5.41) is 6.19. The largest absolute Gasteiger partial charge is 0.384 e. The van der Waals surface area contributed by atoms with Gasteiger partial charge < -0.3 is 15.4 Å². The third-order valence-corrected chi connectivity index (χ3v) is 3.46. The van der Waals surface area contributed by atoms with Crippen molar-refractivity contribution in [2.24, 2.45) is 0 Å². The Morgan fingerprint density at radius 3 is 3.00 bits per heavy atom. The molecule has 1 fully saturated rings. The fraction of sp³-hybridized carbons (Fsp3) is 0.600. The summed E-state index contributed by atoms with van der Waals surface area (Å²) in [6, 6.07) is 3.65. The molecule has 1 aromatic heterocycles. The van der Waals surface area contributed by atoms with E-state index >= 15 is 0 Å². The van der Waals surface area contributed by atoms with E-state index in [0.717, 1.165) is 38.1 Å². The summed E-state index contributed by atoms with van der Waals surface area (Å²) in [6.07, 6.45) is 4.96. The molecule has 0 spiro atoms. The molecule has 1 aliphatic rings. The van der Waals surface area contributed by atoms with E-state index in [0.29, 0.717) is 5.69 Å². The number of nitrogens with one attached hydrogen (secondary N) is 2. The van der Waals surface area contributed by atoms with Gasteiger partial charge in [0.15, 0.2) is 0 Å². The smallest absolute Gasteiger partial charge is 0.270 e. The lowest BCUT2D eigenvalue weighted by molar-refractivity contribution is 0.0709. The van der Waals surface area contributed by atoms with E-state index in [1.165, 1.54) is 0 Å². The highest BCUT2D eigenvalue weighted by Gasteiger charge is 2.24. The molecule has 1 saturated heterocycles. The maximum Gasteiger partial charge on any atom is 0.270 e. The molecule has 0 aliphatic carbocycles. The molecule has 5 nitrogen and oxygen atoms in total. The van der Waals surface area contributed by atoms with E-state index in [1.807, 2.05) is 13.0 Å². The van der Waals surface area contributed by atoms with Gasteiger partial charge in [-0.3, -0.25) is 4.79 Å². The average molecular weight is 277 g/mol. The summed E-state index contributed by atoms with van der Waals surface area (Å²) in [7, 11) is 0. The first-order valence-electron chi connectivity index (χ1n) is 7.33. The van der Waals surface area contributed by atoms with E-state index in [1.54, 1.807) is 12.3 Å². The van der Waals surface area contributed by atoms with Crippen molar-refractivity contribution in [3.8, 4) is 0 Å². The molecule has 0 bridgehead atoms. The zero-order chi connectivity index (χ0) is 14.4. The number of hydrogen-bond acceptors (Lipinski definition) is 4. The molecule has 1 amide bonds. The lowest BCUT2D eigenvalue weighted by atomic mass is 10.1. The Labute approximate surface area is 120 Å². The van der Waals surface area contributed by atoms with Gasteiger partial charge in [-0.25, -0.2) is 4.98 Å². The number of carbonyl (C=O) groups excluding carboxylic acids is 1. The molecule has 0 saturated carbocycles. The van der Waals surface area contributed by atoms with Gasteiger partial charge in [0.25, 0.3) is 5.91 Å². The van der Waals surface area contributed by atoms with Gasteiger partial charge in [-0.15, -0.1) is 0 Å². The zero-order valence-electron chi connectivity index (χ0n) is 12.2.